The third-order valence-electron chi connectivity index (χ3n) is 2.75. The fourth-order valence-corrected chi connectivity index (χ4v) is 1.67. The van der Waals surface area contributed by atoms with Gasteiger partial charge in [0.25, 0.3) is 0 Å². The molecule has 1 aromatic carbocycles. The van der Waals surface area contributed by atoms with Gasteiger partial charge in [-0.2, -0.15) is 0 Å². The minimum absolute atomic E-state index is 0.198. The van der Waals surface area contributed by atoms with Crippen LogP contribution in [0.15, 0.2) is 48.8 Å². The summed E-state index contributed by atoms with van der Waals surface area (Å²) in [7, 11) is 2.01. The van der Waals surface area contributed by atoms with E-state index in [-0.39, 0.29) is 5.82 Å². The first-order valence-corrected chi connectivity index (χ1v) is 5.61. The molecular weight excluding hydrogens is 215 g/mol. The number of hydrogen-bond acceptors (Lipinski definition) is 2. The summed E-state index contributed by atoms with van der Waals surface area (Å²) in [6, 6.07) is 10.6. The van der Waals surface area contributed by atoms with Gasteiger partial charge in [0.15, 0.2) is 0 Å². The lowest BCUT2D eigenvalue weighted by molar-refractivity contribution is 0.627. The SMILES string of the molecule is CN(CCc1ccncc1)c1ccc(F)cc1. The first-order chi connectivity index (χ1) is 8.25. The van der Waals surface area contributed by atoms with Gasteiger partial charge < -0.3 is 4.90 Å². The Kier molecular flexibility index (Phi) is 3.70. The summed E-state index contributed by atoms with van der Waals surface area (Å²) in [5.74, 6) is -0.198. The molecule has 0 aliphatic heterocycles. The van der Waals surface area contributed by atoms with Gasteiger partial charge in [-0.05, 0) is 48.4 Å². The summed E-state index contributed by atoms with van der Waals surface area (Å²) in [4.78, 5) is 6.10. The predicted octanol–water partition coefficient (Wildman–Crippen LogP) is 2.90. The number of anilines is 1. The summed E-state index contributed by atoms with van der Waals surface area (Å²) < 4.78 is 12.8. The van der Waals surface area contributed by atoms with E-state index in [4.69, 9.17) is 0 Å². The number of benzene rings is 1. The number of hydrogen-bond donors (Lipinski definition) is 0. The zero-order valence-electron chi connectivity index (χ0n) is 9.81. The van der Waals surface area contributed by atoms with Crippen molar-refractivity contribution in [3.05, 3.63) is 60.2 Å². The van der Waals surface area contributed by atoms with Crippen LogP contribution in [0.3, 0.4) is 0 Å². The van der Waals surface area contributed by atoms with E-state index in [2.05, 4.69) is 9.88 Å². The van der Waals surface area contributed by atoms with Crippen molar-refractivity contribution in [3.8, 4) is 0 Å². The lowest BCUT2D eigenvalue weighted by Gasteiger charge is -2.19. The van der Waals surface area contributed by atoms with Crippen molar-refractivity contribution in [2.24, 2.45) is 0 Å². The highest BCUT2D eigenvalue weighted by atomic mass is 19.1. The topological polar surface area (TPSA) is 16.1 Å². The molecule has 0 atom stereocenters. The standard InChI is InChI=1S/C14H15FN2/c1-17(14-4-2-13(15)3-5-14)11-8-12-6-9-16-10-7-12/h2-7,9-10H,8,11H2,1H3. The van der Waals surface area contributed by atoms with E-state index in [9.17, 15) is 4.39 Å². The van der Waals surface area contributed by atoms with E-state index in [0.717, 1.165) is 18.7 Å². The van der Waals surface area contributed by atoms with Gasteiger partial charge >= 0.3 is 0 Å². The molecule has 0 saturated carbocycles. The summed E-state index contributed by atoms with van der Waals surface area (Å²) >= 11 is 0. The number of likely N-dealkylation sites (N-methyl/N-ethyl adjacent to an activating group) is 1. The van der Waals surface area contributed by atoms with Crippen LogP contribution in [-0.2, 0) is 6.42 Å². The molecule has 0 amide bonds. The van der Waals surface area contributed by atoms with E-state index in [1.807, 2.05) is 19.2 Å². The van der Waals surface area contributed by atoms with Gasteiger partial charge in [0.1, 0.15) is 5.82 Å². The van der Waals surface area contributed by atoms with Crippen molar-refractivity contribution < 1.29 is 4.39 Å². The predicted molar refractivity (Wildman–Crippen MR) is 67.6 cm³/mol. The Morgan fingerprint density at radius 1 is 1.06 bits per heavy atom. The van der Waals surface area contributed by atoms with Crippen LogP contribution in [0.4, 0.5) is 10.1 Å². The molecule has 3 heteroatoms. The van der Waals surface area contributed by atoms with Crippen molar-refractivity contribution in [2.75, 3.05) is 18.5 Å². The molecule has 0 spiro atoms. The second-order valence-corrected chi connectivity index (χ2v) is 4.00. The molecule has 88 valence electrons. The maximum atomic E-state index is 12.8. The molecule has 2 aromatic rings. The first-order valence-electron chi connectivity index (χ1n) is 5.61. The zero-order valence-corrected chi connectivity index (χ0v) is 9.81. The van der Waals surface area contributed by atoms with Crippen LogP contribution in [0.5, 0.6) is 0 Å². The lowest BCUT2D eigenvalue weighted by Crippen LogP contribution is -2.20. The Balaban J connectivity index is 1.93. The number of halogens is 1. The molecule has 1 aromatic heterocycles. The smallest absolute Gasteiger partial charge is 0.123 e. The van der Waals surface area contributed by atoms with E-state index in [1.54, 1.807) is 24.5 Å². The molecule has 0 saturated heterocycles. The molecule has 1 heterocycles. The van der Waals surface area contributed by atoms with Crippen LogP contribution in [0.2, 0.25) is 0 Å². The average Bonchev–Trinajstić information content (AvgIpc) is 2.38. The minimum Gasteiger partial charge on any atom is -0.374 e. The molecule has 0 N–H and O–H groups in total. The van der Waals surface area contributed by atoms with Gasteiger partial charge in [0.05, 0.1) is 0 Å². The Labute approximate surface area is 101 Å². The monoisotopic (exact) mass is 230 g/mol. The molecular formula is C14H15FN2. The van der Waals surface area contributed by atoms with Crippen LogP contribution in [0.25, 0.3) is 0 Å². The molecule has 0 bridgehead atoms. The van der Waals surface area contributed by atoms with E-state index in [1.165, 1.54) is 17.7 Å². The number of nitrogens with zero attached hydrogens (tertiary/aromatic N) is 2. The molecule has 2 rings (SSSR count). The fourth-order valence-electron chi connectivity index (χ4n) is 1.67. The zero-order chi connectivity index (χ0) is 12.1. The summed E-state index contributed by atoms with van der Waals surface area (Å²) in [5.41, 5.74) is 2.29. The minimum atomic E-state index is -0.198. The van der Waals surface area contributed by atoms with Gasteiger partial charge in [0, 0.05) is 31.7 Å². The summed E-state index contributed by atoms with van der Waals surface area (Å²) in [5, 5.41) is 0. The highest BCUT2D eigenvalue weighted by Crippen LogP contribution is 2.13. The van der Waals surface area contributed by atoms with Gasteiger partial charge in [-0.1, -0.05) is 0 Å². The van der Waals surface area contributed by atoms with Crippen molar-refractivity contribution in [3.63, 3.8) is 0 Å². The summed E-state index contributed by atoms with van der Waals surface area (Å²) in [6.07, 6.45) is 4.55. The third-order valence-corrected chi connectivity index (χ3v) is 2.75. The van der Waals surface area contributed by atoms with Crippen molar-refractivity contribution >= 4 is 5.69 Å². The molecule has 0 fully saturated rings. The van der Waals surface area contributed by atoms with Crippen LogP contribution in [0, 0.1) is 5.82 Å². The quantitative estimate of drug-likeness (QED) is 0.802. The number of aromatic nitrogens is 1. The van der Waals surface area contributed by atoms with Crippen molar-refractivity contribution in [1.82, 2.24) is 4.98 Å². The fraction of sp³-hybridized carbons (Fsp3) is 0.214. The van der Waals surface area contributed by atoms with Gasteiger partial charge in [-0.3, -0.25) is 4.98 Å². The Bertz CT molecular complexity index is 453. The van der Waals surface area contributed by atoms with Crippen LogP contribution < -0.4 is 4.90 Å². The molecule has 0 radical (unpaired) electrons. The number of rotatable bonds is 4. The van der Waals surface area contributed by atoms with Gasteiger partial charge in [-0.15, -0.1) is 0 Å². The Hall–Kier alpha value is -1.90. The lowest BCUT2D eigenvalue weighted by atomic mass is 10.2. The highest BCUT2D eigenvalue weighted by molar-refractivity contribution is 5.45. The third kappa shape index (κ3) is 3.28. The second-order valence-electron chi connectivity index (χ2n) is 4.00. The van der Waals surface area contributed by atoms with Gasteiger partial charge in [0.2, 0.25) is 0 Å². The maximum Gasteiger partial charge on any atom is 0.123 e. The van der Waals surface area contributed by atoms with Crippen LogP contribution >= 0.6 is 0 Å². The largest absolute Gasteiger partial charge is 0.374 e. The van der Waals surface area contributed by atoms with E-state index >= 15 is 0 Å². The molecule has 17 heavy (non-hydrogen) atoms. The highest BCUT2D eigenvalue weighted by Gasteiger charge is 2.01. The average molecular weight is 230 g/mol. The van der Waals surface area contributed by atoms with Crippen molar-refractivity contribution in [2.45, 2.75) is 6.42 Å². The maximum absolute atomic E-state index is 12.8. The Morgan fingerprint density at radius 2 is 1.71 bits per heavy atom. The van der Waals surface area contributed by atoms with Gasteiger partial charge in [-0.25, -0.2) is 4.39 Å². The molecule has 0 aliphatic rings. The molecule has 0 aliphatic carbocycles. The summed E-state index contributed by atoms with van der Waals surface area (Å²) in [6.45, 7) is 0.898. The number of pyridine rings is 1. The van der Waals surface area contributed by atoms with E-state index in [0.29, 0.717) is 0 Å². The second kappa shape index (κ2) is 5.43. The van der Waals surface area contributed by atoms with E-state index < -0.39 is 0 Å². The van der Waals surface area contributed by atoms with Crippen LogP contribution in [0.1, 0.15) is 5.56 Å². The van der Waals surface area contributed by atoms with Crippen LogP contribution in [-0.4, -0.2) is 18.6 Å². The first kappa shape index (κ1) is 11.6. The van der Waals surface area contributed by atoms with Crippen molar-refractivity contribution in [1.29, 1.82) is 0 Å². The molecule has 0 unspecified atom stereocenters. The molecule has 2 nitrogen and oxygen atoms in total. The normalized spacial score (nSPS) is 10.2. The Morgan fingerprint density at radius 3 is 2.35 bits per heavy atom.